The molecular formula is C15H15N5O6. The number of aromatic nitrogens is 2. The molecule has 0 spiro atoms. The normalized spacial score (nSPS) is 10.3. The number of aryl methyl sites for hydroxylation is 2. The molecule has 1 N–H and O–H groups in total. The average Bonchev–Trinajstić information content (AvgIpc) is 2.57. The Labute approximate surface area is 147 Å². The fraction of sp³-hybridized carbons (Fsp3) is 0.267. The van der Waals surface area contributed by atoms with Crippen molar-refractivity contribution in [2.45, 2.75) is 20.8 Å². The van der Waals surface area contributed by atoms with E-state index in [2.05, 4.69) is 15.3 Å². The number of non-ortho nitro benzene ring substituents is 2. The summed E-state index contributed by atoms with van der Waals surface area (Å²) in [5.41, 5.74) is -0.184. The van der Waals surface area contributed by atoms with E-state index >= 15 is 0 Å². The van der Waals surface area contributed by atoms with Crippen molar-refractivity contribution in [3.8, 4) is 6.01 Å². The Hall–Kier alpha value is -3.63. The lowest BCUT2D eigenvalue weighted by molar-refractivity contribution is -0.394. The standard InChI is InChI=1S/C15H15N5O6/c1-4-26-15-16-8(2)13(9(3)17-15)18-14(21)10-5-11(19(22)23)7-12(6-10)20(24)25/h5-7H,4H2,1-3H3,(H,18,21). The van der Waals surface area contributed by atoms with Crippen molar-refractivity contribution in [1.29, 1.82) is 0 Å². The number of rotatable bonds is 6. The van der Waals surface area contributed by atoms with Gasteiger partial charge < -0.3 is 10.1 Å². The maximum absolute atomic E-state index is 12.4. The highest BCUT2D eigenvalue weighted by Crippen LogP contribution is 2.25. The Bertz CT molecular complexity index is 843. The van der Waals surface area contributed by atoms with Crippen LogP contribution in [0.4, 0.5) is 17.1 Å². The number of nitro benzene ring substituents is 2. The van der Waals surface area contributed by atoms with Gasteiger partial charge in [0, 0.05) is 12.1 Å². The summed E-state index contributed by atoms with van der Waals surface area (Å²) >= 11 is 0. The van der Waals surface area contributed by atoms with Gasteiger partial charge in [0.2, 0.25) is 0 Å². The lowest BCUT2D eigenvalue weighted by Gasteiger charge is -2.12. The van der Waals surface area contributed by atoms with Crippen LogP contribution in [0.5, 0.6) is 6.01 Å². The Morgan fingerprint density at radius 1 is 1.08 bits per heavy atom. The molecule has 11 nitrogen and oxygen atoms in total. The van der Waals surface area contributed by atoms with Crippen LogP contribution >= 0.6 is 0 Å². The second kappa shape index (κ2) is 7.51. The first-order valence-corrected chi connectivity index (χ1v) is 7.46. The molecule has 1 amide bonds. The van der Waals surface area contributed by atoms with Crippen LogP contribution < -0.4 is 10.1 Å². The minimum Gasteiger partial charge on any atom is -0.464 e. The van der Waals surface area contributed by atoms with Crippen molar-refractivity contribution in [1.82, 2.24) is 9.97 Å². The smallest absolute Gasteiger partial charge is 0.316 e. The Morgan fingerprint density at radius 3 is 2.00 bits per heavy atom. The van der Waals surface area contributed by atoms with Gasteiger partial charge in [-0.05, 0) is 20.8 Å². The average molecular weight is 361 g/mol. The van der Waals surface area contributed by atoms with E-state index in [-0.39, 0.29) is 11.6 Å². The van der Waals surface area contributed by atoms with Crippen LogP contribution in [0.25, 0.3) is 0 Å². The molecule has 1 heterocycles. The van der Waals surface area contributed by atoms with Crippen LogP contribution in [-0.4, -0.2) is 32.3 Å². The van der Waals surface area contributed by atoms with E-state index < -0.39 is 27.1 Å². The third kappa shape index (κ3) is 4.06. The highest BCUT2D eigenvalue weighted by molar-refractivity contribution is 6.05. The van der Waals surface area contributed by atoms with Gasteiger partial charge in [0.1, 0.15) is 0 Å². The Morgan fingerprint density at radius 2 is 1.58 bits per heavy atom. The maximum Gasteiger partial charge on any atom is 0.316 e. The molecule has 2 rings (SSSR count). The second-order valence-corrected chi connectivity index (χ2v) is 5.19. The van der Waals surface area contributed by atoms with Crippen molar-refractivity contribution in [3.63, 3.8) is 0 Å². The van der Waals surface area contributed by atoms with Crippen molar-refractivity contribution in [2.75, 3.05) is 11.9 Å². The van der Waals surface area contributed by atoms with Crippen LogP contribution in [0.2, 0.25) is 0 Å². The molecule has 26 heavy (non-hydrogen) atoms. The lowest BCUT2D eigenvalue weighted by atomic mass is 10.1. The van der Waals surface area contributed by atoms with E-state index in [1.54, 1.807) is 20.8 Å². The monoisotopic (exact) mass is 361 g/mol. The summed E-state index contributed by atoms with van der Waals surface area (Å²) < 4.78 is 5.21. The summed E-state index contributed by atoms with van der Waals surface area (Å²) in [5.74, 6) is -0.754. The topological polar surface area (TPSA) is 150 Å². The van der Waals surface area contributed by atoms with Crippen LogP contribution in [0, 0.1) is 34.1 Å². The zero-order valence-electron chi connectivity index (χ0n) is 14.2. The predicted molar refractivity (Wildman–Crippen MR) is 90.4 cm³/mol. The first kappa shape index (κ1) is 18.7. The summed E-state index contributed by atoms with van der Waals surface area (Å²) in [6.45, 7) is 5.41. The fourth-order valence-corrected chi connectivity index (χ4v) is 2.18. The van der Waals surface area contributed by atoms with Gasteiger partial charge in [-0.15, -0.1) is 0 Å². The molecule has 0 bridgehead atoms. The number of hydrogen-bond donors (Lipinski definition) is 1. The van der Waals surface area contributed by atoms with Crippen LogP contribution in [0.1, 0.15) is 28.7 Å². The number of benzene rings is 1. The number of nitrogens with one attached hydrogen (secondary N) is 1. The molecule has 0 aliphatic heterocycles. The zero-order chi connectivity index (χ0) is 19.4. The van der Waals surface area contributed by atoms with Crippen molar-refractivity contribution < 1.29 is 19.4 Å². The van der Waals surface area contributed by atoms with Crippen LogP contribution in [-0.2, 0) is 0 Å². The van der Waals surface area contributed by atoms with Crippen molar-refractivity contribution in [2.24, 2.45) is 0 Å². The van der Waals surface area contributed by atoms with E-state index in [1.807, 2.05) is 0 Å². The minimum absolute atomic E-state index is 0.159. The van der Waals surface area contributed by atoms with Crippen LogP contribution in [0.15, 0.2) is 18.2 Å². The lowest BCUT2D eigenvalue weighted by Crippen LogP contribution is -2.16. The molecule has 136 valence electrons. The molecule has 1 aromatic heterocycles. The number of carbonyl (C=O) groups excluding carboxylic acids is 1. The first-order chi connectivity index (χ1) is 12.2. The number of ether oxygens (including phenoxy) is 1. The van der Waals surface area contributed by atoms with Gasteiger partial charge >= 0.3 is 6.01 Å². The molecule has 0 aliphatic rings. The van der Waals surface area contributed by atoms with E-state index in [9.17, 15) is 25.0 Å². The largest absolute Gasteiger partial charge is 0.464 e. The third-order valence-electron chi connectivity index (χ3n) is 3.35. The Balaban J connectivity index is 2.39. The summed E-state index contributed by atoms with van der Waals surface area (Å²) in [4.78, 5) is 40.9. The van der Waals surface area contributed by atoms with Gasteiger partial charge in [0.25, 0.3) is 17.3 Å². The molecule has 11 heteroatoms. The Kier molecular flexibility index (Phi) is 5.40. The molecular weight excluding hydrogens is 346 g/mol. The number of anilines is 1. The quantitative estimate of drug-likeness (QED) is 0.609. The van der Waals surface area contributed by atoms with Gasteiger partial charge in [-0.25, -0.2) is 0 Å². The molecule has 0 aliphatic carbocycles. The third-order valence-corrected chi connectivity index (χ3v) is 3.35. The van der Waals surface area contributed by atoms with E-state index in [1.165, 1.54) is 0 Å². The molecule has 0 radical (unpaired) electrons. The summed E-state index contributed by atoms with van der Waals surface area (Å²) in [6.07, 6.45) is 0. The van der Waals surface area contributed by atoms with Gasteiger partial charge in [-0.3, -0.25) is 25.0 Å². The van der Waals surface area contributed by atoms with E-state index in [4.69, 9.17) is 4.74 Å². The highest BCUT2D eigenvalue weighted by atomic mass is 16.6. The van der Waals surface area contributed by atoms with Gasteiger partial charge in [0.05, 0.1) is 45.2 Å². The van der Waals surface area contributed by atoms with Crippen molar-refractivity contribution in [3.05, 3.63) is 55.4 Å². The molecule has 0 saturated heterocycles. The molecule has 1 aromatic carbocycles. The predicted octanol–water partition coefficient (Wildman–Crippen LogP) is 2.56. The number of hydrogen-bond acceptors (Lipinski definition) is 8. The number of nitro groups is 2. The van der Waals surface area contributed by atoms with Crippen molar-refractivity contribution >= 4 is 23.0 Å². The van der Waals surface area contributed by atoms with Gasteiger partial charge in [0.15, 0.2) is 0 Å². The molecule has 0 saturated carbocycles. The fourth-order valence-electron chi connectivity index (χ4n) is 2.18. The summed E-state index contributed by atoms with van der Waals surface area (Å²) in [7, 11) is 0. The van der Waals surface area contributed by atoms with Gasteiger partial charge in [-0.2, -0.15) is 9.97 Å². The number of amides is 1. The zero-order valence-corrected chi connectivity index (χ0v) is 14.2. The molecule has 0 atom stereocenters. The first-order valence-electron chi connectivity index (χ1n) is 7.46. The summed E-state index contributed by atoms with van der Waals surface area (Å²) in [5, 5.41) is 24.4. The molecule has 2 aromatic rings. The highest BCUT2D eigenvalue weighted by Gasteiger charge is 2.21. The molecule has 0 fully saturated rings. The second-order valence-electron chi connectivity index (χ2n) is 5.19. The SMILES string of the molecule is CCOc1nc(C)c(NC(=O)c2cc([N+](=O)[O-])cc([N+](=O)[O-])c2)c(C)n1. The molecule has 0 unspecified atom stereocenters. The number of carbonyl (C=O) groups is 1. The van der Waals surface area contributed by atoms with Gasteiger partial charge in [-0.1, -0.05) is 0 Å². The van der Waals surface area contributed by atoms with E-state index in [0.717, 1.165) is 18.2 Å². The summed E-state index contributed by atoms with van der Waals surface area (Å²) in [6, 6.07) is 2.87. The maximum atomic E-state index is 12.4. The van der Waals surface area contributed by atoms with Crippen LogP contribution in [0.3, 0.4) is 0 Å². The van der Waals surface area contributed by atoms with E-state index in [0.29, 0.717) is 23.7 Å². The number of nitrogens with zero attached hydrogens (tertiary/aromatic N) is 4. The minimum atomic E-state index is -0.805.